The van der Waals surface area contributed by atoms with E-state index in [4.69, 9.17) is 14.2 Å². The molecule has 2 rings (SSSR count). The Morgan fingerprint density at radius 1 is 1.40 bits per heavy atom. The van der Waals surface area contributed by atoms with Crippen LogP contribution in [-0.4, -0.2) is 31.1 Å². The van der Waals surface area contributed by atoms with Crippen LogP contribution in [-0.2, 0) is 19.0 Å². The number of hydrogen-bond acceptors (Lipinski definition) is 4. The number of carbonyl (C=O) groups excluding carboxylic acids is 1. The van der Waals surface area contributed by atoms with E-state index in [2.05, 4.69) is 0 Å². The van der Waals surface area contributed by atoms with Crippen molar-refractivity contribution in [2.45, 2.75) is 50.9 Å². The lowest BCUT2D eigenvalue weighted by Gasteiger charge is -2.31. The third-order valence-corrected chi connectivity index (χ3v) is 3.02. The Labute approximate surface area is 89.9 Å². The molecule has 0 aromatic carbocycles. The maximum atomic E-state index is 11.4. The summed E-state index contributed by atoms with van der Waals surface area (Å²) in [5, 5.41) is 0. The molecular formula is C11H18O4. The van der Waals surface area contributed by atoms with Crippen molar-refractivity contribution >= 4 is 5.97 Å². The summed E-state index contributed by atoms with van der Waals surface area (Å²) in [4.78, 5) is 11.4. The zero-order valence-corrected chi connectivity index (χ0v) is 9.16. The molecule has 4 heteroatoms. The Hall–Kier alpha value is -0.610. The first-order valence-electron chi connectivity index (χ1n) is 5.74. The van der Waals surface area contributed by atoms with E-state index in [1.54, 1.807) is 6.92 Å². The largest absolute Gasteiger partial charge is 0.464 e. The van der Waals surface area contributed by atoms with Crippen LogP contribution in [0.3, 0.4) is 0 Å². The highest BCUT2D eigenvalue weighted by atomic mass is 16.8. The van der Waals surface area contributed by atoms with Gasteiger partial charge < -0.3 is 14.2 Å². The highest BCUT2D eigenvalue weighted by molar-refractivity contribution is 5.75. The number of carbonyl (C=O) groups is 1. The first-order valence-corrected chi connectivity index (χ1v) is 5.74. The molecule has 2 aliphatic rings. The molecule has 0 N–H and O–H groups in total. The Bertz CT molecular complexity index is 233. The number of ether oxygens (including phenoxy) is 3. The average Bonchev–Trinajstić information content (AvgIpc) is 2.64. The number of esters is 1. The summed E-state index contributed by atoms with van der Waals surface area (Å²) in [6, 6.07) is 0. The molecule has 1 atom stereocenters. The molecule has 0 aromatic heterocycles. The van der Waals surface area contributed by atoms with Gasteiger partial charge >= 0.3 is 5.97 Å². The van der Waals surface area contributed by atoms with Gasteiger partial charge in [0.25, 0.3) is 0 Å². The standard InChI is InChI=1S/C11H18O4/c1-2-13-10(12)9-8-14-11(15-9)6-4-3-5-7-11/h9H,2-8H2,1H3. The van der Waals surface area contributed by atoms with Gasteiger partial charge in [0.1, 0.15) is 0 Å². The van der Waals surface area contributed by atoms with Gasteiger partial charge in [0.2, 0.25) is 0 Å². The Morgan fingerprint density at radius 2 is 2.13 bits per heavy atom. The zero-order chi connectivity index (χ0) is 10.7. The van der Waals surface area contributed by atoms with Crippen LogP contribution in [0.4, 0.5) is 0 Å². The predicted molar refractivity (Wildman–Crippen MR) is 53.3 cm³/mol. The van der Waals surface area contributed by atoms with Crippen molar-refractivity contribution in [3.05, 3.63) is 0 Å². The van der Waals surface area contributed by atoms with Gasteiger partial charge in [-0.05, 0) is 19.8 Å². The average molecular weight is 214 g/mol. The minimum absolute atomic E-state index is 0.292. The van der Waals surface area contributed by atoms with Gasteiger partial charge in [0, 0.05) is 12.8 Å². The summed E-state index contributed by atoms with van der Waals surface area (Å²) in [6.07, 6.45) is 4.78. The molecule has 1 heterocycles. The van der Waals surface area contributed by atoms with Gasteiger partial charge in [0.05, 0.1) is 13.2 Å². The van der Waals surface area contributed by atoms with Crippen LogP contribution in [0.1, 0.15) is 39.0 Å². The topological polar surface area (TPSA) is 44.8 Å². The van der Waals surface area contributed by atoms with Gasteiger partial charge in [-0.3, -0.25) is 0 Å². The fourth-order valence-corrected chi connectivity index (χ4v) is 2.26. The first-order chi connectivity index (χ1) is 7.26. The molecule has 1 saturated heterocycles. The van der Waals surface area contributed by atoms with E-state index in [1.165, 1.54) is 6.42 Å². The first kappa shape index (κ1) is 10.9. The third kappa shape index (κ3) is 2.32. The lowest BCUT2D eigenvalue weighted by Crippen LogP contribution is -2.35. The van der Waals surface area contributed by atoms with Crippen molar-refractivity contribution in [3.63, 3.8) is 0 Å². The lowest BCUT2D eigenvalue weighted by atomic mass is 9.94. The smallest absolute Gasteiger partial charge is 0.337 e. The fraction of sp³-hybridized carbons (Fsp3) is 0.909. The normalized spacial score (nSPS) is 29.3. The van der Waals surface area contributed by atoms with Gasteiger partial charge in [-0.25, -0.2) is 4.79 Å². The summed E-state index contributed by atoms with van der Waals surface area (Å²) in [5.41, 5.74) is 0. The quantitative estimate of drug-likeness (QED) is 0.655. The number of rotatable bonds is 2. The maximum absolute atomic E-state index is 11.4. The molecule has 1 aliphatic heterocycles. The molecule has 4 nitrogen and oxygen atoms in total. The second-order valence-electron chi connectivity index (χ2n) is 4.14. The Balaban J connectivity index is 1.90. The van der Waals surface area contributed by atoms with E-state index >= 15 is 0 Å². The summed E-state index contributed by atoms with van der Waals surface area (Å²) < 4.78 is 16.3. The van der Waals surface area contributed by atoms with Gasteiger partial charge in [-0.2, -0.15) is 0 Å². The SMILES string of the molecule is CCOC(=O)C1COC2(CCCCC2)O1. The molecule has 1 saturated carbocycles. The molecule has 0 radical (unpaired) electrons. The van der Waals surface area contributed by atoms with Crippen molar-refractivity contribution in [1.82, 2.24) is 0 Å². The molecule has 0 bridgehead atoms. The molecular weight excluding hydrogens is 196 g/mol. The third-order valence-electron chi connectivity index (χ3n) is 3.02. The van der Waals surface area contributed by atoms with Crippen molar-refractivity contribution in [3.8, 4) is 0 Å². The van der Waals surface area contributed by atoms with Crippen molar-refractivity contribution in [2.75, 3.05) is 13.2 Å². The predicted octanol–water partition coefficient (Wildman–Crippen LogP) is 1.63. The maximum Gasteiger partial charge on any atom is 0.337 e. The van der Waals surface area contributed by atoms with E-state index in [9.17, 15) is 4.79 Å². The van der Waals surface area contributed by atoms with E-state index < -0.39 is 11.9 Å². The molecule has 1 spiro atoms. The van der Waals surface area contributed by atoms with Crippen LogP contribution in [0.25, 0.3) is 0 Å². The van der Waals surface area contributed by atoms with Gasteiger partial charge in [-0.15, -0.1) is 0 Å². The van der Waals surface area contributed by atoms with Crippen LogP contribution in [0.2, 0.25) is 0 Å². The molecule has 2 fully saturated rings. The number of hydrogen-bond donors (Lipinski definition) is 0. The Kier molecular flexibility index (Phi) is 3.26. The van der Waals surface area contributed by atoms with E-state index in [-0.39, 0.29) is 5.97 Å². The molecule has 0 aromatic rings. The van der Waals surface area contributed by atoms with Crippen LogP contribution in [0.15, 0.2) is 0 Å². The molecule has 0 amide bonds. The van der Waals surface area contributed by atoms with Crippen LogP contribution in [0.5, 0.6) is 0 Å². The minimum Gasteiger partial charge on any atom is -0.464 e. The lowest BCUT2D eigenvalue weighted by molar-refractivity contribution is -0.195. The second-order valence-corrected chi connectivity index (χ2v) is 4.14. The molecule has 1 aliphatic carbocycles. The summed E-state index contributed by atoms with van der Waals surface area (Å²) in [5.74, 6) is -0.768. The van der Waals surface area contributed by atoms with Crippen LogP contribution >= 0.6 is 0 Å². The zero-order valence-electron chi connectivity index (χ0n) is 9.16. The molecule has 86 valence electrons. The van der Waals surface area contributed by atoms with Crippen molar-refractivity contribution < 1.29 is 19.0 Å². The summed E-state index contributed by atoms with van der Waals surface area (Å²) >= 11 is 0. The fourth-order valence-electron chi connectivity index (χ4n) is 2.26. The highest BCUT2D eigenvalue weighted by Crippen LogP contribution is 2.37. The monoisotopic (exact) mass is 214 g/mol. The van der Waals surface area contributed by atoms with Crippen molar-refractivity contribution in [2.24, 2.45) is 0 Å². The summed E-state index contributed by atoms with van der Waals surface area (Å²) in [7, 11) is 0. The van der Waals surface area contributed by atoms with Gasteiger partial charge in [0.15, 0.2) is 11.9 Å². The van der Waals surface area contributed by atoms with Crippen molar-refractivity contribution in [1.29, 1.82) is 0 Å². The van der Waals surface area contributed by atoms with Crippen LogP contribution in [0, 0.1) is 0 Å². The minimum atomic E-state index is -0.511. The highest BCUT2D eigenvalue weighted by Gasteiger charge is 2.45. The van der Waals surface area contributed by atoms with E-state index in [0.29, 0.717) is 13.2 Å². The van der Waals surface area contributed by atoms with E-state index in [1.807, 2.05) is 0 Å². The second kappa shape index (κ2) is 4.49. The Morgan fingerprint density at radius 3 is 2.80 bits per heavy atom. The molecule has 15 heavy (non-hydrogen) atoms. The van der Waals surface area contributed by atoms with E-state index in [0.717, 1.165) is 25.7 Å². The van der Waals surface area contributed by atoms with Gasteiger partial charge in [-0.1, -0.05) is 6.42 Å². The van der Waals surface area contributed by atoms with Crippen LogP contribution < -0.4 is 0 Å². The summed E-state index contributed by atoms with van der Waals surface area (Å²) in [6.45, 7) is 2.54. The molecule has 1 unspecified atom stereocenters.